The third-order valence-corrected chi connectivity index (χ3v) is 5.56. The molecule has 0 radical (unpaired) electrons. The minimum absolute atomic E-state index is 0.0105. The fourth-order valence-electron chi connectivity index (χ4n) is 3.18. The molecule has 0 aliphatic heterocycles. The summed E-state index contributed by atoms with van der Waals surface area (Å²) in [7, 11) is 0. The molecule has 1 saturated carbocycles. The Labute approximate surface area is 123 Å². The Morgan fingerprint density at radius 3 is 2.90 bits per heavy atom. The summed E-state index contributed by atoms with van der Waals surface area (Å²) in [6, 6.07) is 0. The van der Waals surface area contributed by atoms with Crippen LogP contribution in [0.3, 0.4) is 0 Å². The molecule has 3 rings (SSSR count). The zero-order valence-electron chi connectivity index (χ0n) is 11.7. The molecular weight excluding hydrogens is 272 g/mol. The lowest BCUT2D eigenvalue weighted by Crippen LogP contribution is -2.35. The van der Waals surface area contributed by atoms with Gasteiger partial charge in [0.15, 0.2) is 0 Å². The molecule has 20 heavy (non-hydrogen) atoms. The molecule has 2 unspecified atom stereocenters. The maximum absolute atomic E-state index is 12.0. The van der Waals surface area contributed by atoms with Crippen LogP contribution in [-0.2, 0) is 24.1 Å². The fourth-order valence-corrected chi connectivity index (χ4v) is 4.34. The predicted octanol–water partition coefficient (Wildman–Crippen LogP) is 1.84. The average molecular weight is 294 g/mol. The first kappa shape index (κ1) is 14.0. The monoisotopic (exact) mass is 294 g/mol. The Bertz CT molecular complexity index is 463. The molecule has 2 atom stereocenters. The Morgan fingerprint density at radius 1 is 1.30 bits per heavy atom. The summed E-state index contributed by atoms with van der Waals surface area (Å²) >= 11 is 1.81. The highest BCUT2D eigenvalue weighted by atomic mass is 32.1. The van der Waals surface area contributed by atoms with Gasteiger partial charge in [-0.05, 0) is 44.9 Å². The van der Waals surface area contributed by atoms with Gasteiger partial charge in [0, 0.05) is 17.8 Å². The summed E-state index contributed by atoms with van der Waals surface area (Å²) in [4.78, 5) is 18.1. The second-order valence-electron chi connectivity index (χ2n) is 5.83. The predicted molar refractivity (Wildman–Crippen MR) is 78.8 cm³/mol. The molecule has 1 heterocycles. The van der Waals surface area contributed by atoms with Crippen molar-refractivity contribution in [2.75, 3.05) is 6.54 Å². The number of nitrogens with zero attached hydrogens (tertiary/aromatic N) is 1. The Hall–Kier alpha value is -0.940. The summed E-state index contributed by atoms with van der Waals surface area (Å²) in [6.45, 7) is 0.633. The first-order chi connectivity index (χ1) is 9.74. The molecule has 1 amide bonds. The first-order valence-electron chi connectivity index (χ1n) is 7.67. The van der Waals surface area contributed by atoms with Crippen LogP contribution in [0.25, 0.3) is 0 Å². The molecule has 2 N–H and O–H groups in total. The van der Waals surface area contributed by atoms with E-state index < -0.39 is 6.10 Å². The van der Waals surface area contributed by atoms with E-state index in [-0.39, 0.29) is 11.8 Å². The number of aliphatic hydroxyl groups is 1. The third kappa shape index (κ3) is 3.04. The van der Waals surface area contributed by atoms with Crippen LogP contribution in [0.15, 0.2) is 0 Å². The molecule has 2 aliphatic carbocycles. The van der Waals surface area contributed by atoms with Gasteiger partial charge in [-0.3, -0.25) is 4.79 Å². The van der Waals surface area contributed by atoms with Gasteiger partial charge in [-0.2, -0.15) is 0 Å². The van der Waals surface area contributed by atoms with E-state index in [1.54, 1.807) is 0 Å². The molecule has 0 spiro atoms. The van der Waals surface area contributed by atoms with Gasteiger partial charge >= 0.3 is 0 Å². The molecular formula is C15H22N2O2S. The minimum Gasteiger partial charge on any atom is -0.392 e. The Kier molecular flexibility index (Phi) is 4.36. The maximum Gasteiger partial charge on any atom is 0.225 e. The zero-order valence-corrected chi connectivity index (χ0v) is 12.5. The molecule has 0 bridgehead atoms. The van der Waals surface area contributed by atoms with Crippen LogP contribution >= 0.6 is 11.3 Å². The second-order valence-corrected chi connectivity index (χ2v) is 7.00. The molecule has 0 aromatic carbocycles. The summed E-state index contributed by atoms with van der Waals surface area (Å²) < 4.78 is 0. The summed E-state index contributed by atoms with van der Waals surface area (Å²) in [5.41, 5.74) is 1.29. The topological polar surface area (TPSA) is 62.2 Å². The first-order valence-corrected chi connectivity index (χ1v) is 8.49. The number of rotatable bonds is 4. The third-order valence-electron chi connectivity index (χ3n) is 4.34. The average Bonchev–Trinajstić information content (AvgIpc) is 3.04. The number of fused-ring (bicyclic) bond motifs is 1. The van der Waals surface area contributed by atoms with Crippen molar-refractivity contribution in [3.8, 4) is 0 Å². The molecule has 4 nitrogen and oxygen atoms in total. The van der Waals surface area contributed by atoms with Gasteiger partial charge in [0.1, 0.15) is 0 Å². The molecule has 110 valence electrons. The zero-order chi connectivity index (χ0) is 13.9. The van der Waals surface area contributed by atoms with Crippen molar-refractivity contribution < 1.29 is 9.90 Å². The van der Waals surface area contributed by atoms with Crippen molar-refractivity contribution in [3.05, 3.63) is 15.6 Å². The van der Waals surface area contributed by atoms with Gasteiger partial charge in [0.25, 0.3) is 0 Å². The van der Waals surface area contributed by atoms with E-state index in [0.29, 0.717) is 6.54 Å². The summed E-state index contributed by atoms with van der Waals surface area (Å²) in [5.74, 6) is -0.184. The van der Waals surface area contributed by atoms with Crippen LogP contribution in [-0.4, -0.2) is 28.6 Å². The molecule has 0 saturated heterocycles. The molecule has 5 heteroatoms. The second kappa shape index (κ2) is 6.22. The number of thiazole rings is 1. The summed E-state index contributed by atoms with van der Waals surface area (Å²) in [6.07, 6.45) is 7.74. The van der Waals surface area contributed by atoms with Gasteiger partial charge in [-0.1, -0.05) is 0 Å². The largest absolute Gasteiger partial charge is 0.392 e. The van der Waals surface area contributed by atoms with E-state index in [4.69, 9.17) is 0 Å². The van der Waals surface area contributed by atoms with Crippen molar-refractivity contribution in [1.82, 2.24) is 10.3 Å². The fraction of sp³-hybridized carbons (Fsp3) is 0.733. The smallest absolute Gasteiger partial charge is 0.225 e. The highest BCUT2D eigenvalue weighted by Crippen LogP contribution is 2.27. The van der Waals surface area contributed by atoms with Gasteiger partial charge in [-0.15, -0.1) is 11.3 Å². The van der Waals surface area contributed by atoms with E-state index in [2.05, 4.69) is 10.3 Å². The standard InChI is InChI=1S/C15H22N2O2S/c18-12-6-3-4-10(12)15(19)16-9-8-14-17-11-5-1-2-7-13(11)20-14/h10,12,18H,1-9H2,(H,16,19). The normalized spacial score (nSPS) is 25.4. The van der Waals surface area contributed by atoms with Crippen LogP contribution in [0.2, 0.25) is 0 Å². The highest BCUT2D eigenvalue weighted by Gasteiger charge is 2.31. The van der Waals surface area contributed by atoms with E-state index in [1.165, 1.54) is 29.8 Å². The lowest BCUT2D eigenvalue weighted by molar-refractivity contribution is -0.127. The quantitative estimate of drug-likeness (QED) is 0.891. The number of amides is 1. The molecule has 1 aromatic rings. The van der Waals surface area contributed by atoms with Crippen LogP contribution in [0.4, 0.5) is 0 Å². The number of hydrogen-bond acceptors (Lipinski definition) is 4. The van der Waals surface area contributed by atoms with Crippen LogP contribution in [0.1, 0.15) is 47.7 Å². The van der Waals surface area contributed by atoms with Crippen molar-refractivity contribution in [2.45, 2.75) is 57.5 Å². The summed E-state index contributed by atoms with van der Waals surface area (Å²) in [5, 5.41) is 13.8. The number of aromatic nitrogens is 1. The van der Waals surface area contributed by atoms with Gasteiger partial charge < -0.3 is 10.4 Å². The van der Waals surface area contributed by atoms with Crippen LogP contribution in [0.5, 0.6) is 0 Å². The maximum atomic E-state index is 12.0. The highest BCUT2D eigenvalue weighted by molar-refractivity contribution is 7.11. The van der Waals surface area contributed by atoms with Gasteiger partial charge in [0.05, 0.1) is 22.7 Å². The lowest BCUT2D eigenvalue weighted by atomic mass is 10.0. The molecule has 1 fully saturated rings. The van der Waals surface area contributed by atoms with E-state index in [9.17, 15) is 9.90 Å². The van der Waals surface area contributed by atoms with Crippen LogP contribution < -0.4 is 5.32 Å². The van der Waals surface area contributed by atoms with Crippen molar-refractivity contribution in [1.29, 1.82) is 0 Å². The van der Waals surface area contributed by atoms with Crippen molar-refractivity contribution in [2.24, 2.45) is 5.92 Å². The van der Waals surface area contributed by atoms with E-state index in [0.717, 1.165) is 37.1 Å². The number of carbonyl (C=O) groups is 1. The molecule has 1 aromatic heterocycles. The van der Waals surface area contributed by atoms with Crippen molar-refractivity contribution in [3.63, 3.8) is 0 Å². The lowest BCUT2D eigenvalue weighted by Gasteiger charge is -2.13. The van der Waals surface area contributed by atoms with Gasteiger partial charge in [-0.25, -0.2) is 4.98 Å². The SMILES string of the molecule is O=C(NCCc1nc2c(s1)CCCC2)C1CCCC1O. The number of hydrogen-bond donors (Lipinski definition) is 2. The Balaban J connectivity index is 1.47. The van der Waals surface area contributed by atoms with Crippen molar-refractivity contribution >= 4 is 17.2 Å². The Morgan fingerprint density at radius 2 is 2.15 bits per heavy atom. The van der Waals surface area contributed by atoms with Gasteiger partial charge in [0.2, 0.25) is 5.91 Å². The van der Waals surface area contributed by atoms with E-state index in [1.807, 2.05) is 11.3 Å². The molecule has 2 aliphatic rings. The number of aryl methyl sites for hydroxylation is 2. The number of aliphatic hydroxyl groups excluding tert-OH is 1. The number of carbonyl (C=O) groups excluding carboxylic acids is 1. The number of nitrogens with one attached hydrogen (secondary N) is 1. The van der Waals surface area contributed by atoms with Crippen LogP contribution in [0, 0.1) is 5.92 Å². The minimum atomic E-state index is -0.442. The van der Waals surface area contributed by atoms with E-state index >= 15 is 0 Å².